The highest BCUT2D eigenvalue weighted by Crippen LogP contribution is 2.16. The third-order valence-electron chi connectivity index (χ3n) is 2.78. The van der Waals surface area contributed by atoms with Gasteiger partial charge in [-0.25, -0.2) is 0 Å². The summed E-state index contributed by atoms with van der Waals surface area (Å²) in [5.74, 6) is 0. The minimum absolute atomic E-state index is 0.719. The molecule has 0 saturated heterocycles. The molecule has 0 fully saturated rings. The lowest BCUT2D eigenvalue weighted by atomic mass is 10.1. The fourth-order valence-electron chi connectivity index (χ4n) is 2.01. The largest absolute Gasteiger partial charge is 0.383 e. The van der Waals surface area contributed by atoms with Crippen molar-refractivity contribution in [2.45, 2.75) is 39.8 Å². The topological polar surface area (TPSA) is 39.1 Å². The van der Waals surface area contributed by atoms with Crippen molar-refractivity contribution in [2.75, 3.05) is 20.8 Å². The van der Waals surface area contributed by atoms with E-state index in [9.17, 15) is 0 Å². The fourth-order valence-corrected chi connectivity index (χ4v) is 2.01. The lowest BCUT2D eigenvalue weighted by molar-refractivity contribution is 0.182. The van der Waals surface area contributed by atoms with Crippen molar-refractivity contribution < 1.29 is 4.74 Å². The van der Waals surface area contributed by atoms with Crippen LogP contribution in [0.5, 0.6) is 0 Å². The van der Waals surface area contributed by atoms with Crippen molar-refractivity contribution in [3.63, 3.8) is 0 Å². The second kappa shape index (κ2) is 6.66. The quantitative estimate of drug-likeness (QED) is 0.762. The van der Waals surface area contributed by atoms with Crippen LogP contribution in [-0.2, 0) is 30.7 Å². The van der Waals surface area contributed by atoms with Gasteiger partial charge in [0.1, 0.15) is 0 Å². The lowest BCUT2D eigenvalue weighted by Crippen LogP contribution is -2.11. The molecule has 0 radical (unpaired) electrons. The van der Waals surface area contributed by atoms with Crippen LogP contribution in [0.4, 0.5) is 0 Å². The molecule has 0 atom stereocenters. The number of rotatable bonds is 7. The Morgan fingerprint density at radius 2 is 2.06 bits per heavy atom. The first-order valence-corrected chi connectivity index (χ1v) is 5.99. The molecule has 0 amide bonds. The van der Waals surface area contributed by atoms with E-state index >= 15 is 0 Å². The van der Waals surface area contributed by atoms with Crippen LogP contribution in [0.1, 0.15) is 30.8 Å². The third-order valence-corrected chi connectivity index (χ3v) is 2.78. The molecule has 4 nitrogen and oxygen atoms in total. The second-order valence-electron chi connectivity index (χ2n) is 3.83. The molecular weight excluding hydrogens is 202 g/mol. The van der Waals surface area contributed by atoms with Crippen molar-refractivity contribution in [2.24, 2.45) is 0 Å². The minimum atomic E-state index is 0.719. The zero-order valence-corrected chi connectivity index (χ0v) is 10.8. The number of ether oxygens (including phenoxy) is 1. The van der Waals surface area contributed by atoms with Gasteiger partial charge in [-0.3, -0.25) is 4.68 Å². The molecule has 1 aromatic rings. The maximum atomic E-state index is 5.11. The maximum Gasteiger partial charge on any atom is 0.0669 e. The molecule has 0 bridgehead atoms. The van der Waals surface area contributed by atoms with Crippen molar-refractivity contribution in [1.82, 2.24) is 15.1 Å². The van der Waals surface area contributed by atoms with Crippen molar-refractivity contribution in [3.8, 4) is 0 Å². The van der Waals surface area contributed by atoms with E-state index in [2.05, 4.69) is 28.9 Å². The number of hydrogen-bond acceptors (Lipinski definition) is 3. The summed E-state index contributed by atoms with van der Waals surface area (Å²) in [4.78, 5) is 0. The number of nitrogens with one attached hydrogen (secondary N) is 1. The molecule has 0 aliphatic rings. The summed E-state index contributed by atoms with van der Waals surface area (Å²) in [7, 11) is 3.70. The Morgan fingerprint density at radius 1 is 1.31 bits per heavy atom. The average molecular weight is 225 g/mol. The maximum absolute atomic E-state index is 5.11. The molecule has 4 heteroatoms. The highest BCUT2D eigenvalue weighted by Gasteiger charge is 2.14. The van der Waals surface area contributed by atoms with Crippen LogP contribution in [0.3, 0.4) is 0 Å². The van der Waals surface area contributed by atoms with E-state index < -0.39 is 0 Å². The van der Waals surface area contributed by atoms with Gasteiger partial charge in [0.2, 0.25) is 0 Å². The molecule has 1 heterocycles. The molecular formula is C12H23N3O. The molecule has 1 rings (SSSR count). The van der Waals surface area contributed by atoms with Gasteiger partial charge in [0.25, 0.3) is 0 Å². The zero-order valence-electron chi connectivity index (χ0n) is 10.8. The van der Waals surface area contributed by atoms with Crippen LogP contribution in [0.25, 0.3) is 0 Å². The highest BCUT2D eigenvalue weighted by atomic mass is 16.5. The van der Waals surface area contributed by atoms with Crippen LogP contribution in [-0.4, -0.2) is 30.5 Å². The second-order valence-corrected chi connectivity index (χ2v) is 3.83. The van der Waals surface area contributed by atoms with Gasteiger partial charge >= 0.3 is 0 Å². The summed E-state index contributed by atoms with van der Waals surface area (Å²) in [6.45, 7) is 6.80. The van der Waals surface area contributed by atoms with Gasteiger partial charge < -0.3 is 10.1 Å². The standard InChI is InChI=1S/C12H23N3O/c1-5-11-10(9-13-3)12(6-2)15(14-11)7-8-16-4/h13H,5-9H2,1-4H3. The summed E-state index contributed by atoms with van der Waals surface area (Å²) in [6.07, 6.45) is 2.01. The Kier molecular flexibility index (Phi) is 5.49. The predicted molar refractivity (Wildman–Crippen MR) is 65.6 cm³/mol. The van der Waals surface area contributed by atoms with Crippen LogP contribution in [0.2, 0.25) is 0 Å². The first kappa shape index (κ1) is 13.2. The third kappa shape index (κ3) is 2.83. The Morgan fingerprint density at radius 3 is 2.56 bits per heavy atom. The number of methoxy groups -OCH3 is 1. The van der Waals surface area contributed by atoms with Gasteiger partial charge in [-0.2, -0.15) is 5.10 Å². The molecule has 0 aliphatic heterocycles. The molecule has 0 aliphatic carbocycles. The Bertz CT molecular complexity index is 320. The average Bonchev–Trinajstić information content (AvgIpc) is 2.64. The first-order chi connectivity index (χ1) is 7.78. The molecule has 1 aromatic heterocycles. The monoisotopic (exact) mass is 225 g/mol. The molecule has 0 spiro atoms. The van der Waals surface area contributed by atoms with Crippen LogP contribution >= 0.6 is 0 Å². The van der Waals surface area contributed by atoms with Gasteiger partial charge in [0.05, 0.1) is 18.8 Å². The van der Waals surface area contributed by atoms with Crippen LogP contribution in [0, 0.1) is 0 Å². The van der Waals surface area contributed by atoms with Gasteiger partial charge in [-0.05, 0) is 19.9 Å². The zero-order chi connectivity index (χ0) is 12.0. The molecule has 0 unspecified atom stereocenters. The van der Waals surface area contributed by atoms with Crippen LogP contribution < -0.4 is 5.32 Å². The number of hydrogen-bond donors (Lipinski definition) is 1. The first-order valence-electron chi connectivity index (χ1n) is 5.99. The summed E-state index contributed by atoms with van der Waals surface area (Å²) in [5, 5.41) is 7.87. The van der Waals surface area contributed by atoms with E-state index in [1.165, 1.54) is 17.0 Å². The number of aryl methyl sites for hydroxylation is 1. The molecule has 16 heavy (non-hydrogen) atoms. The van der Waals surface area contributed by atoms with Crippen molar-refractivity contribution in [3.05, 3.63) is 17.0 Å². The van der Waals surface area contributed by atoms with E-state index in [0.717, 1.165) is 32.5 Å². The lowest BCUT2D eigenvalue weighted by Gasteiger charge is -2.07. The van der Waals surface area contributed by atoms with E-state index in [4.69, 9.17) is 4.74 Å². The predicted octanol–water partition coefficient (Wildman–Crippen LogP) is 1.37. The van der Waals surface area contributed by atoms with E-state index in [1.807, 2.05) is 7.05 Å². The van der Waals surface area contributed by atoms with E-state index in [-0.39, 0.29) is 0 Å². The Balaban J connectivity index is 2.98. The van der Waals surface area contributed by atoms with E-state index in [1.54, 1.807) is 7.11 Å². The summed E-state index contributed by atoms with van der Waals surface area (Å²) >= 11 is 0. The number of aromatic nitrogens is 2. The van der Waals surface area contributed by atoms with Crippen molar-refractivity contribution in [1.29, 1.82) is 0 Å². The normalized spacial score (nSPS) is 11.0. The number of nitrogens with zero attached hydrogens (tertiary/aromatic N) is 2. The summed E-state index contributed by atoms with van der Waals surface area (Å²) in [5.41, 5.74) is 3.91. The van der Waals surface area contributed by atoms with Gasteiger partial charge in [-0.1, -0.05) is 13.8 Å². The fraction of sp³-hybridized carbons (Fsp3) is 0.750. The van der Waals surface area contributed by atoms with Gasteiger partial charge in [-0.15, -0.1) is 0 Å². The minimum Gasteiger partial charge on any atom is -0.383 e. The SMILES string of the molecule is CCc1nn(CCOC)c(CC)c1CNC. The molecule has 1 N–H and O–H groups in total. The molecule has 0 saturated carbocycles. The summed E-state index contributed by atoms with van der Waals surface area (Å²) < 4.78 is 7.20. The molecule has 92 valence electrons. The smallest absolute Gasteiger partial charge is 0.0669 e. The Labute approximate surface area is 98.0 Å². The Hall–Kier alpha value is -0.870. The van der Waals surface area contributed by atoms with Gasteiger partial charge in [0, 0.05) is 24.9 Å². The van der Waals surface area contributed by atoms with Gasteiger partial charge in [0.15, 0.2) is 0 Å². The van der Waals surface area contributed by atoms with Crippen molar-refractivity contribution >= 4 is 0 Å². The molecule has 0 aromatic carbocycles. The van der Waals surface area contributed by atoms with Crippen LogP contribution in [0.15, 0.2) is 0 Å². The van der Waals surface area contributed by atoms with E-state index in [0.29, 0.717) is 0 Å². The highest BCUT2D eigenvalue weighted by molar-refractivity contribution is 5.26. The summed E-state index contributed by atoms with van der Waals surface area (Å²) in [6, 6.07) is 0.